The number of hydrogen-bond acceptors (Lipinski definition) is 3. The average Bonchev–Trinajstić information content (AvgIpc) is 2.88. The van der Waals surface area contributed by atoms with E-state index in [1.165, 1.54) is 0 Å². The highest BCUT2D eigenvalue weighted by Crippen LogP contribution is 2.07. The Labute approximate surface area is 102 Å². The lowest BCUT2D eigenvalue weighted by Gasteiger charge is -2.13. The van der Waals surface area contributed by atoms with E-state index in [2.05, 4.69) is 26.8 Å². The fourth-order valence-electron chi connectivity index (χ4n) is 1.74. The van der Waals surface area contributed by atoms with Gasteiger partial charge in [0.1, 0.15) is 0 Å². The molecule has 0 saturated heterocycles. The SMILES string of the molecule is C[C@@H](NCCCn1ccnc1)c1ccccn1. The molecule has 0 unspecified atom stereocenters. The first-order valence-corrected chi connectivity index (χ1v) is 5.96. The van der Waals surface area contributed by atoms with Crippen molar-refractivity contribution in [2.24, 2.45) is 0 Å². The standard InChI is InChI=1S/C13H18N4/c1-12(13-5-2-3-6-16-13)15-7-4-9-17-10-8-14-11-17/h2-3,5-6,8,10-12,15H,4,7,9H2,1H3/t12-/m1/s1. The number of aromatic nitrogens is 3. The van der Waals surface area contributed by atoms with Gasteiger partial charge >= 0.3 is 0 Å². The first-order chi connectivity index (χ1) is 8.36. The van der Waals surface area contributed by atoms with Gasteiger partial charge in [-0.2, -0.15) is 0 Å². The molecule has 1 N–H and O–H groups in total. The summed E-state index contributed by atoms with van der Waals surface area (Å²) in [5.41, 5.74) is 1.09. The summed E-state index contributed by atoms with van der Waals surface area (Å²) in [6, 6.07) is 6.31. The van der Waals surface area contributed by atoms with Gasteiger partial charge in [0, 0.05) is 31.2 Å². The second kappa shape index (κ2) is 6.15. The predicted octanol–water partition coefficient (Wildman–Crippen LogP) is 2.02. The Balaban J connectivity index is 1.68. The number of imidazole rings is 1. The molecule has 4 nitrogen and oxygen atoms in total. The molecular weight excluding hydrogens is 212 g/mol. The third-order valence-corrected chi connectivity index (χ3v) is 2.73. The molecule has 90 valence electrons. The van der Waals surface area contributed by atoms with Crippen LogP contribution in [-0.4, -0.2) is 21.1 Å². The minimum atomic E-state index is 0.305. The third-order valence-electron chi connectivity index (χ3n) is 2.73. The fourth-order valence-corrected chi connectivity index (χ4v) is 1.74. The van der Waals surface area contributed by atoms with Crippen molar-refractivity contribution in [3.63, 3.8) is 0 Å². The van der Waals surface area contributed by atoms with Crippen molar-refractivity contribution in [1.82, 2.24) is 19.9 Å². The number of rotatable bonds is 6. The van der Waals surface area contributed by atoms with Crippen LogP contribution >= 0.6 is 0 Å². The normalized spacial score (nSPS) is 12.5. The molecule has 0 aromatic carbocycles. The number of nitrogens with one attached hydrogen (secondary N) is 1. The molecule has 2 heterocycles. The van der Waals surface area contributed by atoms with Crippen LogP contribution < -0.4 is 5.32 Å². The van der Waals surface area contributed by atoms with Crippen LogP contribution in [0.2, 0.25) is 0 Å². The highest BCUT2D eigenvalue weighted by molar-refractivity contribution is 5.07. The number of hydrogen-bond donors (Lipinski definition) is 1. The van der Waals surface area contributed by atoms with E-state index in [1.54, 1.807) is 0 Å². The van der Waals surface area contributed by atoms with Gasteiger partial charge in [0.15, 0.2) is 0 Å². The maximum absolute atomic E-state index is 4.33. The summed E-state index contributed by atoms with van der Waals surface area (Å²) in [7, 11) is 0. The largest absolute Gasteiger partial charge is 0.337 e. The van der Waals surface area contributed by atoms with Crippen molar-refractivity contribution in [2.45, 2.75) is 25.9 Å². The van der Waals surface area contributed by atoms with E-state index in [4.69, 9.17) is 0 Å². The van der Waals surface area contributed by atoms with Gasteiger partial charge in [-0.1, -0.05) is 6.07 Å². The monoisotopic (exact) mass is 230 g/mol. The summed E-state index contributed by atoms with van der Waals surface area (Å²) < 4.78 is 2.09. The Morgan fingerprint density at radius 3 is 3.00 bits per heavy atom. The van der Waals surface area contributed by atoms with Gasteiger partial charge < -0.3 is 9.88 Å². The Hall–Kier alpha value is -1.68. The van der Waals surface area contributed by atoms with Crippen LogP contribution in [-0.2, 0) is 6.54 Å². The summed E-state index contributed by atoms with van der Waals surface area (Å²) in [5.74, 6) is 0. The number of nitrogens with zero attached hydrogens (tertiary/aromatic N) is 3. The van der Waals surface area contributed by atoms with Gasteiger partial charge in [-0.25, -0.2) is 4.98 Å². The van der Waals surface area contributed by atoms with Crippen molar-refractivity contribution in [1.29, 1.82) is 0 Å². The highest BCUT2D eigenvalue weighted by Gasteiger charge is 2.03. The molecule has 0 fully saturated rings. The van der Waals surface area contributed by atoms with E-state index in [0.29, 0.717) is 6.04 Å². The van der Waals surface area contributed by atoms with E-state index >= 15 is 0 Å². The Bertz CT molecular complexity index is 410. The fraction of sp³-hybridized carbons (Fsp3) is 0.385. The Morgan fingerprint density at radius 1 is 1.35 bits per heavy atom. The second-order valence-electron chi connectivity index (χ2n) is 4.08. The zero-order valence-electron chi connectivity index (χ0n) is 10.1. The first kappa shape index (κ1) is 11.8. The molecule has 2 aromatic heterocycles. The number of pyridine rings is 1. The molecule has 0 aliphatic carbocycles. The minimum Gasteiger partial charge on any atom is -0.337 e. The molecular formula is C13H18N4. The van der Waals surface area contributed by atoms with E-state index in [9.17, 15) is 0 Å². The molecule has 2 aromatic rings. The van der Waals surface area contributed by atoms with Gasteiger partial charge in [-0.3, -0.25) is 4.98 Å². The quantitative estimate of drug-likeness (QED) is 0.772. The lowest BCUT2D eigenvalue weighted by Crippen LogP contribution is -2.21. The number of aryl methyl sites for hydroxylation is 1. The average molecular weight is 230 g/mol. The molecule has 4 heteroatoms. The molecule has 0 aliphatic heterocycles. The van der Waals surface area contributed by atoms with Crippen LogP contribution in [0.15, 0.2) is 43.1 Å². The van der Waals surface area contributed by atoms with Gasteiger partial charge in [-0.05, 0) is 32.0 Å². The second-order valence-corrected chi connectivity index (χ2v) is 4.08. The van der Waals surface area contributed by atoms with Gasteiger partial charge in [0.2, 0.25) is 0 Å². The molecule has 0 spiro atoms. The van der Waals surface area contributed by atoms with E-state index < -0.39 is 0 Å². The first-order valence-electron chi connectivity index (χ1n) is 5.96. The molecule has 0 amide bonds. The summed E-state index contributed by atoms with van der Waals surface area (Å²) >= 11 is 0. The van der Waals surface area contributed by atoms with E-state index in [-0.39, 0.29) is 0 Å². The maximum Gasteiger partial charge on any atom is 0.0945 e. The van der Waals surface area contributed by atoms with Crippen LogP contribution in [0.1, 0.15) is 25.1 Å². The van der Waals surface area contributed by atoms with Gasteiger partial charge in [0.05, 0.1) is 12.0 Å². The lowest BCUT2D eigenvalue weighted by atomic mass is 10.2. The zero-order chi connectivity index (χ0) is 11.9. The molecule has 0 radical (unpaired) electrons. The minimum absolute atomic E-state index is 0.305. The van der Waals surface area contributed by atoms with E-state index in [0.717, 1.165) is 25.2 Å². The molecule has 2 rings (SSSR count). The summed E-state index contributed by atoms with van der Waals surface area (Å²) in [6.45, 7) is 4.12. The van der Waals surface area contributed by atoms with Gasteiger partial charge in [-0.15, -0.1) is 0 Å². The Morgan fingerprint density at radius 2 is 2.29 bits per heavy atom. The van der Waals surface area contributed by atoms with Crippen LogP contribution in [0.5, 0.6) is 0 Å². The van der Waals surface area contributed by atoms with Crippen molar-refractivity contribution in [3.05, 3.63) is 48.8 Å². The summed E-state index contributed by atoms with van der Waals surface area (Å²) in [6.07, 6.45) is 8.57. The smallest absolute Gasteiger partial charge is 0.0945 e. The van der Waals surface area contributed by atoms with Crippen LogP contribution in [0, 0.1) is 0 Å². The topological polar surface area (TPSA) is 42.7 Å². The van der Waals surface area contributed by atoms with Crippen LogP contribution in [0.25, 0.3) is 0 Å². The lowest BCUT2D eigenvalue weighted by molar-refractivity contribution is 0.519. The summed E-state index contributed by atoms with van der Waals surface area (Å²) in [4.78, 5) is 8.35. The molecule has 0 bridgehead atoms. The highest BCUT2D eigenvalue weighted by atomic mass is 15.0. The van der Waals surface area contributed by atoms with E-state index in [1.807, 2.05) is 43.1 Å². The zero-order valence-corrected chi connectivity index (χ0v) is 10.1. The molecule has 17 heavy (non-hydrogen) atoms. The summed E-state index contributed by atoms with van der Waals surface area (Å²) in [5, 5.41) is 3.47. The van der Waals surface area contributed by atoms with Crippen molar-refractivity contribution < 1.29 is 0 Å². The predicted molar refractivity (Wildman–Crippen MR) is 67.5 cm³/mol. The van der Waals surface area contributed by atoms with Gasteiger partial charge in [0.25, 0.3) is 0 Å². The third kappa shape index (κ3) is 3.67. The van der Waals surface area contributed by atoms with Crippen molar-refractivity contribution in [3.8, 4) is 0 Å². The molecule has 1 atom stereocenters. The molecule has 0 saturated carbocycles. The van der Waals surface area contributed by atoms with Crippen molar-refractivity contribution in [2.75, 3.05) is 6.54 Å². The molecule has 0 aliphatic rings. The van der Waals surface area contributed by atoms with Crippen LogP contribution in [0.3, 0.4) is 0 Å². The van der Waals surface area contributed by atoms with Crippen molar-refractivity contribution >= 4 is 0 Å². The van der Waals surface area contributed by atoms with Crippen LogP contribution in [0.4, 0.5) is 0 Å². The maximum atomic E-state index is 4.33. The Kier molecular flexibility index (Phi) is 4.27.